The number of hydrogen-bond donors (Lipinski definition) is 2. The number of hydrogen-bond acceptors (Lipinski definition) is 6. The number of aromatic nitrogens is 3. The summed E-state index contributed by atoms with van der Waals surface area (Å²) >= 11 is 0. The second-order valence-corrected chi connectivity index (χ2v) is 6.44. The summed E-state index contributed by atoms with van der Waals surface area (Å²) < 4.78 is 5.53. The number of carbonyl (C=O) groups excluding carboxylic acids is 1. The molecule has 2 aromatic heterocycles. The molecule has 1 aliphatic rings. The molecule has 1 unspecified atom stereocenters. The topological polar surface area (TPSA) is 87.1 Å². The van der Waals surface area contributed by atoms with Crippen molar-refractivity contribution < 1.29 is 9.32 Å². The number of likely N-dealkylation sites (N-methyl/N-ethyl adjacent to an activating group) is 1. The van der Waals surface area contributed by atoms with Crippen molar-refractivity contribution in [2.24, 2.45) is 0 Å². The Kier molecular flexibility index (Phi) is 6.37. The summed E-state index contributed by atoms with van der Waals surface area (Å²) in [5.74, 6) is 1.20. The van der Waals surface area contributed by atoms with Crippen LogP contribution in [0.15, 0.2) is 4.52 Å². The largest absolute Gasteiger partial charge is 0.354 e. The van der Waals surface area contributed by atoms with Crippen LogP contribution in [0.3, 0.4) is 0 Å². The van der Waals surface area contributed by atoms with E-state index in [9.17, 15) is 4.79 Å². The van der Waals surface area contributed by atoms with Crippen LogP contribution in [-0.4, -0.2) is 52.5 Å². The summed E-state index contributed by atoms with van der Waals surface area (Å²) in [5.41, 5.74) is 3.37. The summed E-state index contributed by atoms with van der Waals surface area (Å²) in [6.45, 7) is 8.33. The van der Waals surface area contributed by atoms with E-state index >= 15 is 0 Å². The molecule has 0 radical (unpaired) electrons. The van der Waals surface area contributed by atoms with Gasteiger partial charge in [-0.2, -0.15) is 4.98 Å². The highest BCUT2D eigenvalue weighted by atomic mass is 35.5. The smallest absolute Gasteiger partial charge is 0.274 e. The van der Waals surface area contributed by atoms with Crippen molar-refractivity contribution in [3.8, 4) is 11.6 Å². The average Bonchev–Trinajstić information content (AvgIpc) is 3.13. The van der Waals surface area contributed by atoms with E-state index in [1.165, 1.54) is 0 Å². The molecule has 0 aliphatic carbocycles. The molecule has 0 aromatic carbocycles. The Morgan fingerprint density at radius 2 is 2.20 bits per heavy atom. The van der Waals surface area contributed by atoms with E-state index in [-0.39, 0.29) is 24.2 Å². The number of H-pyrrole nitrogens is 1. The number of aryl methyl sites for hydroxylation is 1. The monoisotopic (exact) mass is 367 g/mol. The first-order valence-electron chi connectivity index (χ1n) is 8.50. The zero-order chi connectivity index (χ0) is 17.3. The lowest BCUT2D eigenvalue weighted by atomic mass is 10.0. The van der Waals surface area contributed by atoms with Gasteiger partial charge in [0.15, 0.2) is 11.6 Å². The van der Waals surface area contributed by atoms with Crippen LogP contribution in [0.2, 0.25) is 0 Å². The quantitative estimate of drug-likeness (QED) is 0.789. The van der Waals surface area contributed by atoms with E-state index in [4.69, 9.17) is 4.52 Å². The highest BCUT2D eigenvalue weighted by molar-refractivity contribution is 5.98. The van der Waals surface area contributed by atoms with Crippen molar-refractivity contribution in [1.82, 2.24) is 25.3 Å². The maximum Gasteiger partial charge on any atom is 0.274 e. The third kappa shape index (κ3) is 3.78. The third-order valence-electron chi connectivity index (χ3n) is 4.61. The predicted molar refractivity (Wildman–Crippen MR) is 98.3 cm³/mol. The first-order chi connectivity index (χ1) is 11.5. The van der Waals surface area contributed by atoms with Gasteiger partial charge in [0.05, 0.1) is 6.04 Å². The Bertz CT molecular complexity index is 739. The molecular weight excluding hydrogens is 342 g/mol. The lowest BCUT2D eigenvalue weighted by Gasteiger charge is -2.30. The molecule has 0 amide bonds. The maximum atomic E-state index is 12.0. The summed E-state index contributed by atoms with van der Waals surface area (Å²) in [4.78, 5) is 22.1. The van der Waals surface area contributed by atoms with Gasteiger partial charge in [-0.3, -0.25) is 9.69 Å². The van der Waals surface area contributed by atoms with Gasteiger partial charge in [0.2, 0.25) is 0 Å². The molecule has 8 heteroatoms. The molecule has 0 bridgehead atoms. The molecule has 3 heterocycles. The number of nitrogens with zero attached hydrogens (tertiary/aromatic N) is 3. The minimum absolute atomic E-state index is 0. The van der Waals surface area contributed by atoms with Crippen LogP contribution in [0.5, 0.6) is 0 Å². The Labute approximate surface area is 154 Å². The molecule has 0 spiro atoms. The van der Waals surface area contributed by atoms with Crippen LogP contribution in [0, 0.1) is 6.92 Å². The number of ketones is 1. The molecule has 1 aliphatic heterocycles. The van der Waals surface area contributed by atoms with Gasteiger partial charge >= 0.3 is 0 Å². The molecular formula is C17H26ClN5O2. The fourth-order valence-electron chi connectivity index (χ4n) is 3.40. The highest BCUT2D eigenvalue weighted by Gasteiger charge is 2.27. The minimum Gasteiger partial charge on any atom is -0.354 e. The van der Waals surface area contributed by atoms with Crippen molar-refractivity contribution in [3.63, 3.8) is 0 Å². The molecule has 1 fully saturated rings. The second kappa shape index (κ2) is 8.12. The molecule has 3 rings (SSSR count). The number of Topliss-reactive ketones (excluding diaryl/α,β-unsaturated/α-hetero) is 1. The molecule has 25 heavy (non-hydrogen) atoms. The third-order valence-corrected chi connectivity index (χ3v) is 4.61. The van der Waals surface area contributed by atoms with Gasteiger partial charge in [0.25, 0.3) is 5.89 Å². The Balaban J connectivity index is 0.00000225. The van der Waals surface area contributed by atoms with Crippen LogP contribution < -0.4 is 5.32 Å². The van der Waals surface area contributed by atoms with Gasteiger partial charge in [-0.05, 0) is 32.9 Å². The molecule has 1 atom stereocenters. The lowest BCUT2D eigenvalue weighted by Crippen LogP contribution is -2.44. The Hall–Kier alpha value is -1.70. The lowest BCUT2D eigenvalue weighted by molar-refractivity contribution is 0.101. The Morgan fingerprint density at radius 1 is 1.44 bits per heavy atom. The molecule has 1 saturated heterocycles. The highest BCUT2D eigenvalue weighted by Crippen LogP contribution is 2.30. The number of nitrogens with one attached hydrogen (secondary N) is 2. The van der Waals surface area contributed by atoms with Gasteiger partial charge in [-0.1, -0.05) is 18.5 Å². The molecule has 138 valence electrons. The fraction of sp³-hybridized carbons (Fsp3) is 0.588. The van der Waals surface area contributed by atoms with E-state index in [0.717, 1.165) is 55.0 Å². The average molecular weight is 368 g/mol. The summed E-state index contributed by atoms with van der Waals surface area (Å²) in [7, 11) is 2.07. The predicted octanol–water partition coefficient (Wildman–Crippen LogP) is 2.53. The fourth-order valence-corrected chi connectivity index (χ4v) is 3.40. The number of piperazine rings is 1. The van der Waals surface area contributed by atoms with Crippen molar-refractivity contribution in [1.29, 1.82) is 0 Å². The SMILES string of the molecule is CCCc1c(-c2nc(C3CNCCN3C)no2)[nH]c(C)c1C(C)=O.Cl. The second-order valence-electron chi connectivity index (χ2n) is 6.44. The minimum atomic E-state index is 0. The molecule has 2 aromatic rings. The first-order valence-corrected chi connectivity index (χ1v) is 8.50. The van der Waals surface area contributed by atoms with Gasteiger partial charge < -0.3 is 14.8 Å². The Morgan fingerprint density at radius 3 is 2.84 bits per heavy atom. The summed E-state index contributed by atoms with van der Waals surface area (Å²) in [6, 6.07) is 0.106. The van der Waals surface area contributed by atoms with Crippen LogP contribution in [-0.2, 0) is 6.42 Å². The summed E-state index contributed by atoms with van der Waals surface area (Å²) in [6.07, 6.45) is 1.75. The number of halogens is 1. The number of rotatable bonds is 5. The zero-order valence-corrected chi connectivity index (χ0v) is 16.0. The van der Waals surface area contributed by atoms with E-state index < -0.39 is 0 Å². The van der Waals surface area contributed by atoms with Crippen LogP contribution >= 0.6 is 12.4 Å². The van der Waals surface area contributed by atoms with E-state index in [1.807, 2.05) is 6.92 Å². The number of carbonyl (C=O) groups is 1. The van der Waals surface area contributed by atoms with Gasteiger partial charge in [0.1, 0.15) is 5.69 Å². The van der Waals surface area contributed by atoms with Crippen molar-refractivity contribution in [2.45, 2.75) is 39.7 Å². The van der Waals surface area contributed by atoms with E-state index in [1.54, 1.807) is 6.92 Å². The molecule has 2 N–H and O–H groups in total. The summed E-state index contributed by atoms with van der Waals surface area (Å²) in [5, 5.41) is 7.54. The molecule has 0 saturated carbocycles. The zero-order valence-electron chi connectivity index (χ0n) is 15.2. The normalized spacial score (nSPS) is 18.2. The van der Waals surface area contributed by atoms with Crippen molar-refractivity contribution >= 4 is 18.2 Å². The first kappa shape index (κ1) is 19.6. The van der Waals surface area contributed by atoms with Crippen LogP contribution in [0.1, 0.15) is 53.7 Å². The van der Waals surface area contributed by atoms with Crippen molar-refractivity contribution in [2.75, 3.05) is 26.7 Å². The molecule has 7 nitrogen and oxygen atoms in total. The van der Waals surface area contributed by atoms with Crippen LogP contribution in [0.4, 0.5) is 0 Å². The maximum absolute atomic E-state index is 12.0. The van der Waals surface area contributed by atoms with Gasteiger partial charge in [0, 0.05) is 30.9 Å². The number of aromatic amines is 1. The van der Waals surface area contributed by atoms with Gasteiger partial charge in [-0.15, -0.1) is 12.4 Å². The van der Waals surface area contributed by atoms with E-state index in [2.05, 4.69) is 39.3 Å². The standard InChI is InChI=1S/C17H25N5O2.ClH/c1-5-6-12-14(11(3)23)10(2)19-15(12)17-20-16(21-24-17)13-9-18-7-8-22(13)4;/h13,18-19H,5-9H2,1-4H3;1H. The van der Waals surface area contributed by atoms with Crippen LogP contribution in [0.25, 0.3) is 11.6 Å². The van der Waals surface area contributed by atoms with Crippen molar-refractivity contribution in [3.05, 3.63) is 22.6 Å². The van der Waals surface area contributed by atoms with Gasteiger partial charge in [-0.25, -0.2) is 0 Å². The van der Waals surface area contributed by atoms with E-state index in [0.29, 0.717) is 11.7 Å².